The Kier molecular flexibility index (Phi) is 4.82. The lowest BCUT2D eigenvalue weighted by Crippen LogP contribution is -2.37. The molecule has 0 bridgehead atoms. The Morgan fingerprint density at radius 3 is 2.45 bits per heavy atom. The molecule has 20 heavy (non-hydrogen) atoms. The minimum atomic E-state index is -1.16. The van der Waals surface area contributed by atoms with Crippen molar-refractivity contribution in [3.8, 4) is 0 Å². The van der Waals surface area contributed by atoms with Gasteiger partial charge in [-0.15, -0.1) is 0 Å². The predicted octanol–water partition coefficient (Wildman–Crippen LogP) is 3.07. The molecule has 1 aliphatic carbocycles. The van der Waals surface area contributed by atoms with E-state index in [-0.39, 0.29) is 23.5 Å². The molecule has 2 N–H and O–H groups in total. The van der Waals surface area contributed by atoms with Gasteiger partial charge in [0, 0.05) is 6.04 Å². The van der Waals surface area contributed by atoms with Gasteiger partial charge in [0.15, 0.2) is 5.76 Å². The molecule has 1 amide bonds. The highest BCUT2D eigenvalue weighted by Gasteiger charge is 2.23. The van der Waals surface area contributed by atoms with Gasteiger partial charge in [-0.25, -0.2) is 4.79 Å². The predicted molar refractivity (Wildman–Crippen MR) is 73.8 cm³/mol. The number of rotatable bonds is 5. The van der Waals surface area contributed by atoms with E-state index in [1.165, 1.54) is 25.0 Å². The number of aromatic carboxylic acids is 1. The second-order valence-electron chi connectivity index (χ2n) is 5.45. The van der Waals surface area contributed by atoms with Crippen molar-refractivity contribution in [3.63, 3.8) is 0 Å². The Hall–Kier alpha value is -1.78. The summed E-state index contributed by atoms with van der Waals surface area (Å²) in [5, 5.41) is 11.7. The number of hydrogen-bond acceptors (Lipinski definition) is 3. The van der Waals surface area contributed by atoms with Crippen LogP contribution in [0.1, 0.15) is 66.6 Å². The minimum absolute atomic E-state index is 0.0677. The highest BCUT2D eigenvalue weighted by molar-refractivity contribution is 5.93. The van der Waals surface area contributed by atoms with Gasteiger partial charge in [-0.3, -0.25) is 4.79 Å². The summed E-state index contributed by atoms with van der Waals surface area (Å²) in [5.74, 6) is -0.837. The Labute approximate surface area is 118 Å². The minimum Gasteiger partial charge on any atom is -0.475 e. The molecule has 2 rings (SSSR count). The van der Waals surface area contributed by atoms with E-state index in [1.807, 2.05) is 0 Å². The van der Waals surface area contributed by atoms with E-state index in [0.717, 1.165) is 31.6 Å². The standard InChI is InChI=1S/C15H21NO4/c1-2-3-10-4-6-11(7-5-10)16-14(17)12-8-9-13(20-12)15(18)19/h8-11H,2-7H2,1H3,(H,16,17)(H,18,19). The number of carbonyl (C=O) groups excluding carboxylic acids is 1. The van der Waals surface area contributed by atoms with Gasteiger partial charge in [-0.05, 0) is 43.7 Å². The molecule has 0 atom stereocenters. The number of carboxylic acid groups (broad SMARTS) is 1. The molecular formula is C15H21NO4. The molecule has 1 aromatic rings. The van der Waals surface area contributed by atoms with Gasteiger partial charge in [0.25, 0.3) is 5.91 Å². The topological polar surface area (TPSA) is 79.5 Å². The quantitative estimate of drug-likeness (QED) is 0.868. The second kappa shape index (κ2) is 6.59. The second-order valence-corrected chi connectivity index (χ2v) is 5.45. The van der Waals surface area contributed by atoms with Crippen molar-refractivity contribution in [2.45, 2.75) is 51.5 Å². The lowest BCUT2D eigenvalue weighted by molar-refractivity contribution is 0.0659. The van der Waals surface area contributed by atoms with Gasteiger partial charge in [0.1, 0.15) is 0 Å². The van der Waals surface area contributed by atoms with Crippen LogP contribution >= 0.6 is 0 Å². The molecule has 5 heteroatoms. The van der Waals surface area contributed by atoms with E-state index < -0.39 is 5.97 Å². The zero-order chi connectivity index (χ0) is 14.5. The van der Waals surface area contributed by atoms with E-state index in [0.29, 0.717) is 0 Å². The maximum absolute atomic E-state index is 12.0. The van der Waals surface area contributed by atoms with Crippen LogP contribution in [0.5, 0.6) is 0 Å². The van der Waals surface area contributed by atoms with Crippen molar-refractivity contribution < 1.29 is 19.1 Å². The molecule has 0 unspecified atom stereocenters. The smallest absolute Gasteiger partial charge is 0.371 e. The maximum atomic E-state index is 12.0. The molecule has 110 valence electrons. The number of amides is 1. The molecule has 0 saturated heterocycles. The SMILES string of the molecule is CCCC1CCC(NC(=O)c2ccc(C(=O)O)o2)CC1. The maximum Gasteiger partial charge on any atom is 0.371 e. The van der Waals surface area contributed by atoms with Crippen LogP contribution in [0.4, 0.5) is 0 Å². The summed E-state index contributed by atoms with van der Waals surface area (Å²) in [6.45, 7) is 2.20. The van der Waals surface area contributed by atoms with Gasteiger partial charge in [0.05, 0.1) is 0 Å². The molecule has 1 aromatic heterocycles. The molecule has 1 aliphatic rings. The average Bonchev–Trinajstić information content (AvgIpc) is 2.91. The summed E-state index contributed by atoms with van der Waals surface area (Å²) in [7, 11) is 0. The Bertz CT molecular complexity index is 472. The van der Waals surface area contributed by atoms with Crippen LogP contribution in [0, 0.1) is 5.92 Å². The molecule has 0 spiro atoms. The third-order valence-corrected chi connectivity index (χ3v) is 3.92. The monoisotopic (exact) mass is 279 g/mol. The average molecular weight is 279 g/mol. The summed E-state index contributed by atoms with van der Waals surface area (Å²) in [6, 6.07) is 2.88. The molecule has 0 aliphatic heterocycles. The van der Waals surface area contributed by atoms with Crippen LogP contribution in [0.25, 0.3) is 0 Å². The fraction of sp³-hybridized carbons (Fsp3) is 0.600. The van der Waals surface area contributed by atoms with Crippen LogP contribution in [-0.4, -0.2) is 23.0 Å². The van der Waals surface area contributed by atoms with E-state index >= 15 is 0 Å². The third kappa shape index (κ3) is 3.62. The number of carbonyl (C=O) groups is 2. The summed E-state index contributed by atoms with van der Waals surface area (Å²) in [6.07, 6.45) is 6.76. The molecule has 0 radical (unpaired) electrons. The summed E-state index contributed by atoms with van der Waals surface area (Å²) in [5.41, 5.74) is 0. The zero-order valence-electron chi connectivity index (χ0n) is 11.7. The highest BCUT2D eigenvalue weighted by atomic mass is 16.4. The Balaban J connectivity index is 1.84. The number of nitrogens with one attached hydrogen (secondary N) is 1. The number of hydrogen-bond donors (Lipinski definition) is 2. The first kappa shape index (κ1) is 14.6. The van der Waals surface area contributed by atoms with E-state index in [9.17, 15) is 9.59 Å². The number of furan rings is 1. The van der Waals surface area contributed by atoms with E-state index in [2.05, 4.69) is 12.2 Å². The van der Waals surface area contributed by atoms with Gasteiger partial charge >= 0.3 is 5.97 Å². The lowest BCUT2D eigenvalue weighted by Gasteiger charge is -2.28. The van der Waals surface area contributed by atoms with Crippen LogP contribution in [0.3, 0.4) is 0 Å². The van der Waals surface area contributed by atoms with Gasteiger partial charge in [-0.2, -0.15) is 0 Å². The van der Waals surface area contributed by atoms with Crippen molar-refractivity contribution in [2.24, 2.45) is 5.92 Å². The van der Waals surface area contributed by atoms with Crippen molar-refractivity contribution >= 4 is 11.9 Å². The molecule has 5 nitrogen and oxygen atoms in total. The van der Waals surface area contributed by atoms with Crippen LogP contribution < -0.4 is 5.32 Å². The first-order valence-electron chi connectivity index (χ1n) is 7.24. The van der Waals surface area contributed by atoms with Gasteiger partial charge < -0.3 is 14.8 Å². The van der Waals surface area contributed by atoms with E-state index in [4.69, 9.17) is 9.52 Å². The fourth-order valence-electron chi connectivity index (χ4n) is 2.84. The summed E-state index contributed by atoms with van der Waals surface area (Å²) in [4.78, 5) is 22.7. The largest absolute Gasteiger partial charge is 0.475 e. The van der Waals surface area contributed by atoms with Crippen molar-refractivity contribution in [1.82, 2.24) is 5.32 Å². The molecular weight excluding hydrogens is 258 g/mol. The summed E-state index contributed by atoms with van der Waals surface area (Å²) >= 11 is 0. The van der Waals surface area contributed by atoms with E-state index in [1.54, 1.807) is 0 Å². The van der Waals surface area contributed by atoms with Crippen LogP contribution in [0.2, 0.25) is 0 Å². The first-order valence-corrected chi connectivity index (χ1v) is 7.24. The van der Waals surface area contributed by atoms with Crippen molar-refractivity contribution in [2.75, 3.05) is 0 Å². The normalized spacial score (nSPS) is 22.4. The zero-order valence-corrected chi connectivity index (χ0v) is 11.7. The summed E-state index contributed by atoms with van der Waals surface area (Å²) < 4.78 is 5.00. The Morgan fingerprint density at radius 2 is 1.90 bits per heavy atom. The van der Waals surface area contributed by atoms with Gasteiger partial charge in [0.2, 0.25) is 5.76 Å². The molecule has 1 saturated carbocycles. The van der Waals surface area contributed by atoms with Crippen molar-refractivity contribution in [1.29, 1.82) is 0 Å². The van der Waals surface area contributed by atoms with Crippen LogP contribution in [0.15, 0.2) is 16.5 Å². The molecule has 1 fully saturated rings. The third-order valence-electron chi connectivity index (χ3n) is 3.92. The molecule has 1 heterocycles. The van der Waals surface area contributed by atoms with Crippen molar-refractivity contribution in [3.05, 3.63) is 23.7 Å². The van der Waals surface area contributed by atoms with Gasteiger partial charge in [-0.1, -0.05) is 19.8 Å². The molecule has 0 aromatic carbocycles. The first-order chi connectivity index (χ1) is 9.60. The number of carboxylic acids is 1. The van der Waals surface area contributed by atoms with Crippen LogP contribution in [-0.2, 0) is 0 Å². The Morgan fingerprint density at radius 1 is 1.25 bits per heavy atom. The lowest BCUT2D eigenvalue weighted by atomic mass is 9.83. The fourth-order valence-corrected chi connectivity index (χ4v) is 2.84. The highest BCUT2D eigenvalue weighted by Crippen LogP contribution is 2.27.